The summed E-state index contributed by atoms with van der Waals surface area (Å²) in [5.41, 5.74) is 3.85. The zero-order valence-corrected chi connectivity index (χ0v) is 9.81. The normalized spacial score (nSPS) is 9.47. The Morgan fingerprint density at radius 2 is 2.12 bits per heavy atom. The third-order valence-corrected chi connectivity index (χ3v) is 2.46. The van der Waals surface area contributed by atoms with Crippen LogP contribution < -0.4 is 11.3 Å². The Bertz CT molecular complexity index is 408. The Morgan fingerprint density at radius 3 is 2.59 bits per heavy atom. The maximum Gasteiger partial charge on any atom is 0.253 e. The maximum absolute atomic E-state index is 12.0. The molecule has 0 bridgehead atoms. The highest BCUT2D eigenvalue weighted by atomic mass is 16.2. The molecule has 5 nitrogen and oxygen atoms in total. The van der Waals surface area contributed by atoms with Gasteiger partial charge in [-0.25, -0.2) is 0 Å². The van der Waals surface area contributed by atoms with Gasteiger partial charge in [0.2, 0.25) is 0 Å². The van der Waals surface area contributed by atoms with Gasteiger partial charge in [-0.15, -0.1) is 0 Å². The van der Waals surface area contributed by atoms with Crippen LogP contribution in [-0.4, -0.2) is 23.9 Å². The molecule has 0 aromatic heterocycles. The van der Waals surface area contributed by atoms with E-state index in [-0.39, 0.29) is 5.91 Å². The first-order chi connectivity index (χ1) is 8.22. The van der Waals surface area contributed by atoms with E-state index in [0.29, 0.717) is 25.1 Å². The Labute approximate surface area is 101 Å². The van der Waals surface area contributed by atoms with Crippen molar-refractivity contribution in [3.63, 3.8) is 0 Å². The van der Waals surface area contributed by atoms with Crippen LogP contribution in [0, 0.1) is 11.3 Å². The SMILES string of the molecule is CCN(CCC#N)C(=O)c1ccc(NN)cc1. The van der Waals surface area contributed by atoms with Crippen molar-refractivity contribution in [3.8, 4) is 6.07 Å². The largest absolute Gasteiger partial charge is 0.338 e. The van der Waals surface area contributed by atoms with Crippen molar-refractivity contribution in [2.24, 2.45) is 5.84 Å². The van der Waals surface area contributed by atoms with Crippen molar-refractivity contribution in [3.05, 3.63) is 29.8 Å². The van der Waals surface area contributed by atoms with Crippen LogP contribution in [0.1, 0.15) is 23.7 Å². The number of nitrogens with two attached hydrogens (primary N) is 1. The molecule has 1 aromatic carbocycles. The van der Waals surface area contributed by atoms with Crippen LogP contribution in [0.3, 0.4) is 0 Å². The van der Waals surface area contributed by atoms with E-state index < -0.39 is 0 Å². The molecule has 5 heteroatoms. The zero-order chi connectivity index (χ0) is 12.7. The fourth-order valence-electron chi connectivity index (χ4n) is 1.48. The van der Waals surface area contributed by atoms with Crippen LogP contribution in [0.2, 0.25) is 0 Å². The number of hydrogen-bond acceptors (Lipinski definition) is 4. The minimum Gasteiger partial charge on any atom is -0.338 e. The quantitative estimate of drug-likeness (QED) is 0.593. The van der Waals surface area contributed by atoms with Gasteiger partial charge in [0.25, 0.3) is 5.91 Å². The fourth-order valence-corrected chi connectivity index (χ4v) is 1.48. The highest BCUT2D eigenvalue weighted by molar-refractivity contribution is 5.94. The van der Waals surface area contributed by atoms with Crippen molar-refractivity contribution in [1.29, 1.82) is 5.26 Å². The van der Waals surface area contributed by atoms with E-state index in [1.54, 1.807) is 29.2 Å². The number of amides is 1. The first-order valence-corrected chi connectivity index (χ1v) is 5.45. The van der Waals surface area contributed by atoms with E-state index in [0.717, 1.165) is 5.69 Å². The summed E-state index contributed by atoms with van der Waals surface area (Å²) >= 11 is 0. The number of carbonyl (C=O) groups is 1. The highest BCUT2D eigenvalue weighted by Crippen LogP contribution is 2.10. The molecule has 0 atom stereocenters. The third-order valence-electron chi connectivity index (χ3n) is 2.46. The predicted molar refractivity (Wildman–Crippen MR) is 66.1 cm³/mol. The van der Waals surface area contributed by atoms with E-state index >= 15 is 0 Å². The molecule has 0 aliphatic heterocycles. The summed E-state index contributed by atoms with van der Waals surface area (Å²) < 4.78 is 0. The van der Waals surface area contributed by atoms with Crippen LogP contribution in [0.5, 0.6) is 0 Å². The fraction of sp³-hybridized carbons (Fsp3) is 0.333. The van der Waals surface area contributed by atoms with Crippen molar-refractivity contribution in [2.75, 3.05) is 18.5 Å². The molecular weight excluding hydrogens is 216 g/mol. The second-order valence-electron chi connectivity index (χ2n) is 3.51. The van der Waals surface area contributed by atoms with Gasteiger partial charge in [-0.3, -0.25) is 10.6 Å². The summed E-state index contributed by atoms with van der Waals surface area (Å²) in [6, 6.07) is 8.95. The van der Waals surface area contributed by atoms with E-state index in [1.165, 1.54) is 0 Å². The zero-order valence-electron chi connectivity index (χ0n) is 9.81. The monoisotopic (exact) mass is 232 g/mol. The second-order valence-corrected chi connectivity index (χ2v) is 3.51. The number of hydrazine groups is 1. The lowest BCUT2D eigenvalue weighted by atomic mass is 10.2. The van der Waals surface area contributed by atoms with Gasteiger partial charge in [-0.2, -0.15) is 5.26 Å². The molecule has 0 unspecified atom stereocenters. The molecule has 3 N–H and O–H groups in total. The van der Waals surface area contributed by atoms with E-state index in [1.807, 2.05) is 13.0 Å². The van der Waals surface area contributed by atoms with Gasteiger partial charge in [0.05, 0.1) is 12.5 Å². The molecule has 17 heavy (non-hydrogen) atoms. The number of nitrogen functional groups attached to an aromatic ring is 1. The Hall–Kier alpha value is -2.06. The number of anilines is 1. The average molecular weight is 232 g/mol. The topological polar surface area (TPSA) is 82.2 Å². The lowest BCUT2D eigenvalue weighted by molar-refractivity contribution is 0.0768. The lowest BCUT2D eigenvalue weighted by Gasteiger charge is -2.19. The number of nitriles is 1. The highest BCUT2D eigenvalue weighted by Gasteiger charge is 2.13. The van der Waals surface area contributed by atoms with Crippen LogP contribution in [0.25, 0.3) is 0 Å². The Kier molecular flexibility index (Phi) is 4.98. The molecule has 0 radical (unpaired) electrons. The van der Waals surface area contributed by atoms with Gasteiger partial charge in [-0.05, 0) is 31.2 Å². The maximum atomic E-state index is 12.0. The van der Waals surface area contributed by atoms with Gasteiger partial charge >= 0.3 is 0 Å². The molecule has 0 fully saturated rings. The summed E-state index contributed by atoms with van der Waals surface area (Å²) in [7, 11) is 0. The molecule has 0 aliphatic carbocycles. The summed E-state index contributed by atoms with van der Waals surface area (Å²) in [4.78, 5) is 13.7. The number of nitrogens with zero attached hydrogens (tertiary/aromatic N) is 2. The summed E-state index contributed by atoms with van der Waals surface area (Å²) in [6.07, 6.45) is 0.349. The molecule has 90 valence electrons. The summed E-state index contributed by atoms with van der Waals surface area (Å²) in [5.74, 6) is 5.18. The molecule has 1 rings (SSSR count). The van der Waals surface area contributed by atoms with Gasteiger partial charge in [0.15, 0.2) is 0 Å². The molecule has 0 heterocycles. The predicted octanol–water partition coefficient (Wildman–Crippen LogP) is 1.35. The molecule has 0 spiro atoms. The second kappa shape index (κ2) is 6.51. The van der Waals surface area contributed by atoms with Gasteiger partial charge in [-0.1, -0.05) is 0 Å². The minimum atomic E-state index is -0.0636. The van der Waals surface area contributed by atoms with Crippen LogP contribution in [0.15, 0.2) is 24.3 Å². The molecule has 1 amide bonds. The smallest absolute Gasteiger partial charge is 0.253 e. The molecule has 1 aromatic rings. The number of carbonyl (C=O) groups excluding carboxylic acids is 1. The number of benzene rings is 1. The standard InChI is InChI=1S/C12H16N4O/c1-2-16(9-3-8-13)12(17)10-4-6-11(15-14)7-5-10/h4-7,15H,2-3,9,14H2,1H3. The van der Waals surface area contributed by atoms with Crippen molar-refractivity contribution < 1.29 is 4.79 Å². The first-order valence-electron chi connectivity index (χ1n) is 5.45. The van der Waals surface area contributed by atoms with E-state index in [4.69, 9.17) is 11.1 Å². The van der Waals surface area contributed by atoms with Gasteiger partial charge < -0.3 is 10.3 Å². The van der Waals surface area contributed by atoms with Crippen LogP contribution >= 0.6 is 0 Å². The third kappa shape index (κ3) is 3.47. The van der Waals surface area contributed by atoms with Crippen LogP contribution in [-0.2, 0) is 0 Å². The van der Waals surface area contributed by atoms with Crippen LogP contribution in [0.4, 0.5) is 5.69 Å². The first kappa shape index (κ1) is 13.0. The minimum absolute atomic E-state index is 0.0636. The van der Waals surface area contributed by atoms with Gasteiger partial charge in [0, 0.05) is 24.3 Å². The summed E-state index contributed by atoms with van der Waals surface area (Å²) in [5, 5.41) is 8.52. The summed E-state index contributed by atoms with van der Waals surface area (Å²) in [6.45, 7) is 2.95. The van der Waals surface area contributed by atoms with Gasteiger partial charge in [0.1, 0.15) is 0 Å². The molecule has 0 saturated carbocycles. The van der Waals surface area contributed by atoms with Crippen molar-refractivity contribution in [1.82, 2.24) is 4.90 Å². The average Bonchev–Trinajstić information content (AvgIpc) is 2.39. The number of rotatable bonds is 5. The van der Waals surface area contributed by atoms with Crippen molar-refractivity contribution in [2.45, 2.75) is 13.3 Å². The van der Waals surface area contributed by atoms with E-state index in [2.05, 4.69) is 5.43 Å². The Balaban J connectivity index is 2.75. The number of hydrogen-bond donors (Lipinski definition) is 2. The molecule has 0 saturated heterocycles. The lowest BCUT2D eigenvalue weighted by Crippen LogP contribution is -2.31. The molecule has 0 aliphatic rings. The van der Waals surface area contributed by atoms with Crippen molar-refractivity contribution >= 4 is 11.6 Å². The van der Waals surface area contributed by atoms with E-state index in [9.17, 15) is 4.79 Å². The number of nitrogens with one attached hydrogen (secondary N) is 1. The molecular formula is C12H16N4O. The Morgan fingerprint density at radius 1 is 1.47 bits per heavy atom.